The summed E-state index contributed by atoms with van der Waals surface area (Å²) in [5.41, 5.74) is -0.155. The highest BCUT2D eigenvalue weighted by atomic mass is 32.2. The van der Waals surface area contributed by atoms with E-state index in [2.05, 4.69) is 20.8 Å². The molecule has 0 bridgehead atoms. The first kappa shape index (κ1) is 16.0. The Hall–Kier alpha value is 0.580. The predicted molar refractivity (Wildman–Crippen MR) is 83.8 cm³/mol. The van der Waals surface area contributed by atoms with Gasteiger partial charge in [-0.05, 0) is 45.1 Å². The summed E-state index contributed by atoms with van der Waals surface area (Å²) in [4.78, 5) is 1.56. The fourth-order valence-corrected chi connectivity index (χ4v) is 6.49. The number of rotatable bonds is 5. The van der Waals surface area contributed by atoms with Crippen molar-refractivity contribution in [1.29, 1.82) is 0 Å². The van der Waals surface area contributed by atoms with Crippen molar-refractivity contribution in [3.05, 3.63) is 0 Å². The second kappa shape index (κ2) is 6.56. The van der Waals surface area contributed by atoms with Crippen molar-refractivity contribution in [1.82, 2.24) is 0 Å². The van der Waals surface area contributed by atoms with Crippen LogP contribution in [0, 0.1) is 0 Å². The van der Waals surface area contributed by atoms with Crippen molar-refractivity contribution in [3.8, 4) is 0 Å². The summed E-state index contributed by atoms with van der Waals surface area (Å²) >= 11 is 3.88. The van der Waals surface area contributed by atoms with Crippen molar-refractivity contribution < 1.29 is 14.4 Å². The number of hydrogen-bond acceptors (Lipinski definition) is 4. The first-order valence-corrected chi connectivity index (χ1v) is 9.43. The van der Waals surface area contributed by atoms with E-state index in [0.717, 1.165) is 25.9 Å². The summed E-state index contributed by atoms with van der Waals surface area (Å²) in [5, 5.41) is 0. The van der Waals surface area contributed by atoms with Crippen molar-refractivity contribution in [3.63, 3.8) is 0 Å². The zero-order chi connectivity index (χ0) is 13.9. The summed E-state index contributed by atoms with van der Waals surface area (Å²) < 4.78 is 12.3. The topological polar surface area (TPSA) is 22.9 Å². The molecule has 0 spiro atoms. The van der Waals surface area contributed by atoms with Crippen molar-refractivity contribution >= 4 is 23.5 Å². The molecule has 2 heterocycles. The summed E-state index contributed by atoms with van der Waals surface area (Å²) in [5.74, 6) is 2.37. The second-order valence-corrected chi connectivity index (χ2v) is 8.35. The molecule has 19 heavy (non-hydrogen) atoms. The predicted octanol–water partition coefficient (Wildman–Crippen LogP) is 1.98. The molecule has 2 saturated heterocycles. The van der Waals surface area contributed by atoms with Crippen LogP contribution in [0.2, 0.25) is 0 Å². The Kier molecular flexibility index (Phi) is 5.51. The highest BCUT2D eigenvalue weighted by Crippen LogP contribution is 2.55. The molecule has 0 saturated carbocycles. The summed E-state index contributed by atoms with van der Waals surface area (Å²) in [6.45, 7) is 9.02. The minimum Gasteiger partial charge on any atom is -0.355 e. The zero-order valence-corrected chi connectivity index (χ0v) is 14.3. The quantitative estimate of drug-likeness (QED) is 0.839. The molecule has 112 valence electrons. The lowest BCUT2D eigenvalue weighted by molar-refractivity contribution is -0.944. The van der Waals surface area contributed by atoms with E-state index in [-0.39, 0.29) is 9.87 Å². The average Bonchev–Trinajstić information content (AvgIpc) is 2.85. The molecule has 2 aliphatic rings. The molecule has 3 nitrogen and oxygen atoms in total. The Morgan fingerprint density at radius 1 is 1.26 bits per heavy atom. The number of hydrogen-bond donors (Lipinski definition) is 1. The summed E-state index contributed by atoms with van der Waals surface area (Å²) in [6, 6.07) is 0. The maximum atomic E-state index is 6.52. The molecule has 2 rings (SSSR count). The fraction of sp³-hybridized carbons (Fsp3) is 1.00. The van der Waals surface area contributed by atoms with Crippen molar-refractivity contribution in [2.24, 2.45) is 0 Å². The molecule has 5 heteroatoms. The van der Waals surface area contributed by atoms with Crippen LogP contribution < -0.4 is 4.90 Å². The van der Waals surface area contributed by atoms with Gasteiger partial charge in [-0.3, -0.25) is 0 Å². The smallest absolute Gasteiger partial charge is 0.192 e. The number of ether oxygens (including phenoxy) is 2. The first-order valence-electron chi connectivity index (χ1n) is 7.46. The van der Waals surface area contributed by atoms with Crippen LogP contribution in [0.4, 0.5) is 0 Å². The van der Waals surface area contributed by atoms with Gasteiger partial charge in [0, 0.05) is 13.5 Å². The third kappa shape index (κ3) is 2.95. The largest absolute Gasteiger partial charge is 0.355 e. The summed E-state index contributed by atoms with van der Waals surface area (Å²) in [6.07, 6.45) is 3.88. The zero-order valence-electron chi connectivity index (χ0n) is 12.7. The molecule has 0 aliphatic carbocycles. The molecule has 2 atom stereocenters. The van der Waals surface area contributed by atoms with Crippen LogP contribution in [0.15, 0.2) is 0 Å². The van der Waals surface area contributed by atoms with Gasteiger partial charge in [-0.25, -0.2) is 0 Å². The Balaban J connectivity index is 2.10. The molecular weight excluding hydrogens is 278 g/mol. The fourth-order valence-electron chi connectivity index (χ4n) is 3.21. The molecule has 2 unspecified atom stereocenters. The van der Waals surface area contributed by atoms with Gasteiger partial charge in [-0.1, -0.05) is 0 Å². The van der Waals surface area contributed by atoms with E-state index < -0.39 is 0 Å². The van der Waals surface area contributed by atoms with Gasteiger partial charge >= 0.3 is 0 Å². The van der Waals surface area contributed by atoms with E-state index in [1.165, 1.54) is 17.9 Å². The Morgan fingerprint density at radius 3 is 2.42 bits per heavy atom. The second-order valence-electron chi connectivity index (χ2n) is 5.55. The lowest BCUT2D eigenvalue weighted by Gasteiger charge is -2.45. The van der Waals surface area contributed by atoms with E-state index in [1.807, 2.05) is 30.6 Å². The maximum absolute atomic E-state index is 6.52. The highest BCUT2D eigenvalue weighted by molar-refractivity contribution is 8.18. The van der Waals surface area contributed by atoms with Gasteiger partial charge in [0.05, 0.1) is 13.1 Å². The lowest BCUT2D eigenvalue weighted by atomic mass is 10.0. The van der Waals surface area contributed by atoms with Crippen LogP contribution in [0.1, 0.15) is 40.0 Å². The SMILES string of the molecule is CC[NH+](CC)C1CCC(C)(C2(OC)SCCCS2)O1. The monoisotopic (exact) mass is 306 g/mol. The van der Waals surface area contributed by atoms with Gasteiger partial charge in [0.2, 0.25) is 0 Å². The number of nitrogens with one attached hydrogen (secondary N) is 1. The van der Waals surface area contributed by atoms with Gasteiger partial charge in [0.1, 0.15) is 5.60 Å². The van der Waals surface area contributed by atoms with Crippen LogP contribution in [-0.2, 0) is 9.47 Å². The normalized spacial score (nSPS) is 34.9. The van der Waals surface area contributed by atoms with Gasteiger partial charge in [0.15, 0.2) is 10.5 Å². The van der Waals surface area contributed by atoms with E-state index >= 15 is 0 Å². The molecule has 1 N–H and O–H groups in total. The first-order chi connectivity index (χ1) is 9.11. The van der Waals surface area contributed by atoms with Crippen LogP contribution in [0.5, 0.6) is 0 Å². The van der Waals surface area contributed by atoms with Crippen molar-refractivity contribution in [2.75, 3.05) is 31.7 Å². The van der Waals surface area contributed by atoms with Crippen LogP contribution in [0.25, 0.3) is 0 Å². The van der Waals surface area contributed by atoms with E-state index in [4.69, 9.17) is 9.47 Å². The van der Waals surface area contributed by atoms with Gasteiger partial charge in [-0.15, -0.1) is 23.5 Å². The van der Waals surface area contributed by atoms with Crippen molar-refractivity contribution in [2.45, 2.75) is 56.1 Å². The van der Waals surface area contributed by atoms with E-state index in [0.29, 0.717) is 6.23 Å². The van der Waals surface area contributed by atoms with Crippen LogP contribution >= 0.6 is 23.5 Å². The third-order valence-corrected chi connectivity index (χ3v) is 8.09. The van der Waals surface area contributed by atoms with E-state index in [9.17, 15) is 0 Å². The minimum atomic E-state index is -0.202. The molecule has 2 fully saturated rings. The van der Waals surface area contributed by atoms with Crippen LogP contribution in [-0.4, -0.2) is 47.8 Å². The number of quaternary nitrogens is 1. The Labute approximate surface area is 126 Å². The van der Waals surface area contributed by atoms with E-state index in [1.54, 1.807) is 4.90 Å². The molecule has 2 aliphatic heterocycles. The molecule has 0 radical (unpaired) electrons. The molecule has 0 aromatic heterocycles. The maximum Gasteiger partial charge on any atom is 0.192 e. The lowest BCUT2D eigenvalue weighted by Crippen LogP contribution is -3.15. The Morgan fingerprint density at radius 2 is 1.89 bits per heavy atom. The van der Waals surface area contributed by atoms with Gasteiger partial charge in [0.25, 0.3) is 0 Å². The molecule has 0 aromatic carbocycles. The minimum absolute atomic E-state index is 0.155. The standard InChI is InChI=1S/C14H27NO2S2/c1-5-15(6-2)12-8-9-13(3,17-12)14(16-4)18-10-7-11-19-14/h12H,5-11H2,1-4H3/p+1. The highest BCUT2D eigenvalue weighted by Gasteiger charge is 2.57. The molecular formula is C14H28NO2S2+. The third-order valence-electron chi connectivity index (χ3n) is 4.44. The van der Waals surface area contributed by atoms with Gasteiger partial charge < -0.3 is 14.4 Å². The summed E-state index contributed by atoms with van der Waals surface area (Å²) in [7, 11) is 1.84. The van der Waals surface area contributed by atoms with Crippen LogP contribution in [0.3, 0.4) is 0 Å². The average molecular weight is 307 g/mol. The molecule has 0 aromatic rings. The van der Waals surface area contributed by atoms with Gasteiger partial charge in [-0.2, -0.15) is 0 Å². The molecule has 0 amide bonds. The number of thioether (sulfide) groups is 2. The number of methoxy groups -OCH3 is 1. The Bertz CT molecular complexity index is 293.